The minimum absolute atomic E-state index is 0.383. The molecule has 1 aromatic carbocycles. The van der Waals surface area contributed by atoms with Crippen LogP contribution in [-0.4, -0.2) is 85.4 Å². The molecule has 36 heavy (non-hydrogen) atoms. The van der Waals surface area contributed by atoms with Gasteiger partial charge in [0, 0.05) is 58.0 Å². The number of carbonyl (C=O) groups is 1. The predicted octanol–water partition coefficient (Wildman–Crippen LogP) is 2.12. The zero-order chi connectivity index (χ0) is 25.3. The summed E-state index contributed by atoms with van der Waals surface area (Å²) in [6.07, 6.45) is 7.59. The van der Waals surface area contributed by atoms with Gasteiger partial charge in [-0.1, -0.05) is 0 Å². The van der Waals surface area contributed by atoms with Crippen molar-refractivity contribution in [2.75, 3.05) is 56.7 Å². The van der Waals surface area contributed by atoms with Crippen LogP contribution in [0.25, 0.3) is 22.3 Å². The molecular formula is C25H31N9O2. The van der Waals surface area contributed by atoms with Crippen molar-refractivity contribution in [3.8, 4) is 0 Å². The number of aromatic nitrogens is 4. The topological polar surface area (TPSA) is 125 Å². The number of benzene rings is 1. The fourth-order valence-corrected chi connectivity index (χ4v) is 4.02. The Kier molecular flexibility index (Phi) is 8.24. The first-order chi connectivity index (χ1) is 17.6. The first-order valence-corrected chi connectivity index (χ1v) is 11.7. The Balaban J connectivity index is 1.69. The van der Waals surface area contributed by atoms with Crippen LogP contribution in [0.3, 0.4) is 0 Å². The zero-order valence-electron chi connectivity index (χ0n) is 20.6. The number of ether oxygens (including phenoxy) is 1. The summed E-state index contributed by atoms with van der Waals surface area (Å²) in [6, 6.07) is 6.08. The number of rotatable bonds is 11. The Bertz CT molecular complexity index is 1300. The van der Waals surface area contributed by atoms with Crippen molar-refractivity contribution in [2.24, 2.45) is 17.0 Å². The molecule has 0 saturated carbocycles. The summed E-state index contributed by atoms with van der Waals surface area (Å²) < 4.78 is 7.17. The van der Waals surface area contributed by atoms with E-state index in [0.29, 0.717) is 49.1 Å². The quantitative estimate of drug-likeness (QED) is 0.163. The van der Waals surface area contributed by atoms with E-state index >= 15 is 0 Å². The van der Waals surface area contributed by atoms with Crippen LogP contribution in [0.1, 0.15) is 11.5 Å². The highest BCUT2D eigenvalue weighted by Crippen LogP contribution is 2.28. The van der Waals surface area contributed by atoms with Crippen molar-refractivity contribution in [2.45, 2.75) is 0 Å². The van der Waals surface area contributed by atoms with E-state index in [0.717, 1.165) is 41.8 Å². The number of carbonyl (C=O) groups excluding carboxylic acids is 1. The molecule has 3 aromatic rings. The van der Waals surface area contributed by atoms with Gasteiger partial charge < -0.3 is 25.3 Å². The average Bonchev–Trinajstić information content (AvgIpc) is 3.50. The number of aryl methyl sites for hydroxylation is 1. The average molecular weight is 490 g/mol. The van der Waals surface area contributed by atoms with E-state index in [1.807, 2.05) is 32.4 Å². The summed E-state index contributed by atoms with van der Waals surface area (Å²) in [7, 11) is 3.65. The van der Waals surface area contributed by atoms with Crippen LogP contribution in [0.4, 0.5) is 11.4 Å². The number of nitrogens with one attached hydrogen (secondary N) is 3. The van der Waals surface area contributed by atoms with Gasteiger partial charge in [0.1, 0.15) is 11.5 Å². The number of fused-ring (bicyclic) bond motifs is 1. The van der Waals surface area contributed by atoms with E-state index in [-0.39, 0.29) is 0 Å². The monoisotopic (exact) mass is 489 g/mol. The fraction of sp³-hybridized carbons (Fsp3) is 0.320. The molecule has 0 atom stereocenters. The Morgan fingerprint density at radius 3 is 2.92 bits per heavy atom. The number of imidazole rings is 1. The number of nitrogens with zero attached hydrogens (tertiary/aromatic N) is 6. The van der Waals surface area contributed by atoms with Gasteiger partial charge in [0.15, 0.2) is 6.29 Å². The molecule has 3 heterocycles. The van der Waals surface area contributed by atoms with Crippen molar-refractivity contribution < 1.29 is 9.53 Å². The van der Waals surface area contributed by atoms with E-state index in [1.165, 1.54) is 0 Å². The normalized spacial score (nSPS) is 15.0. The molecule has 2 aromatic heterocycles. The van der Waals surface area contributed by atoms with Crippen LogP contribution in [0.15, 0.2) is 46.7 Å². The fourth-order valence-electron chi connectivity index (χ4n) is 4.02. The summed E-state index contributed by atoms with van der Waals surface area (Å²) in [5.41, 5.74) is 5.09. The maximum Gasteiger partial charge on any atom is 0.155 e. The van der Waals surface area contributed by atoms with Crippen molar-refractivity contribution in [1.82, 2.24) is 25.1 Å². The molecule has 188 valence electrons. The van der Waals surface area contributed by atoms with E-state index in [1.54, 1.807) is 23.2 Å². The van der Waals surface area contributed by atoms with Gasteiger partial charge in [0.25, 0.3) is 0 Å². The zero-order valence-corrected chi connectivity index (χ0v) is 20.6. The smallest absolute Gasteiger partial charge is 0.155 e. The van der Waals surface area contributed by atoms with Gasteiger partial charge in [-0.25, -0.2) is 4.98 Å². The number of allylic oxidation sites excluding steroid dienone is 2. The maximum atomic E-state index is 12.4. The third-order valence-corrected chi connectivity index (χ3v) is 5.74. The number of anilines is 2. The molecule has 1 fully saturated rings. The molecule has 0 spiro atoms. The number of hydrogen-bond acceptors (Lipinski definition) is 9. The third-order valence-electron chi connectivity index (χ3n) is 5.74. The predicted molar refractivity (Wildman–Crippen MR) is 145 cm³/mol. The van der Waals surface area contributed by atoms with Gasteiger partial charge in [-0.2, -0.15) is 5.10 Å². The first kappa shape index (κ1) is 24.9. The number of hydrogen-bond donors (Lipinski definition) is 3. The van der Waals surface area contributed by atoms with Gasteiger partial charge in [-0.3, -0.25) is 19.5 Å². The molecule has 1 aliphatic heterocycles. The summed E-state index contributed by atoms with van der Waals surface area (Å²) in [5.74, 6) is 0.470. The maximum absolute atomic E-state index is 12.4. The second-order valence-corrected chi connectivity index (χ2v) is 8.11. The molecule has 11 nitrogen and oxygen atoms in total. The molecule has 0 radical (unpaired) electrons. The van der Waals surface area contributed by atoms with Crippen LogP contribution in [0.5, 0.6) is 0 Å². The lowest BCUT2D eigenvalue weighted by molar-refractivity contribution is -0.103. The van der Waals surface area contributed by atoms with Gasteiger partial charge in [0.05, 0.1) is 47.7 Å². The molecule has 3 N–H and O–H groups in total. The summed E-state index contributed by atoms with van der Waals surface area (Å²) in [5, 5.41) is 11.1. The van der Waals surface area contributed by atoms with Crippen LogP contribution in [0.2, 0.25) is 0 Å². The highest BCUT2D eigenvalue weighted by atomic mass is 16.5. The number of aldehydes is 1. The number of aromatic amines is 1. The minimum Gasteiger partial charge on any atom is -0.385 e. The standard InChI is InChI=1S/C25H31N9O2/c1-26-7-4-8-28-9-10-29-23(24-22(27-2)16-33(3)32-24)19(17-35)25-30-20-6-5-18(15-21(20)31-25)34-11-13-36-14-12-34/h4-8,15-17,27,29H,1,9-14H2,2-3H3,(H,30,31)/b7-4-,23-19-,28-8?. The van der Waals surface area contributed by atoms with Gasteiger partial charge in [0.2, 0.25) is 0 Å². The Morgan fingerprint density at radius 1 is 1.33 bits per heavy atom. The Morgan fingerprint density at radius 2 is 2.17 bits per heavy atom. The Hall–Kier alpha value is -4.25. The van der Waals surface area contributed by atoms with Gasteiger partial charge in [-0.15, -0.1) is 0 Å². The second kappa shape index (κ2) is 11.9. The van der Waals surface area contributed by atoms with E-state index < -0.39 is 0 Å². The number of aliphatic imine (C=N–C) groups is 2. The third kappa shape index (κ3) is 5.69. The van der Waals surface area contributed by atoms with Crippen LogP contribution in [0, 0.1) is 0 Å². The Labute approximate surface area is 209 Å². The molecule has 1 saturated heterocycles. The molecule has 0 unspecified atom stereocenters. The highest BCUT2D eigenvalue weighted by Gasteiger charge is 2.20. The first-order valence-electron chi connectivity index (χ1n) is 11.7. The van der Waals surface area contributed by atoms with Crippen molar-refractivity contribution >= 4 is 52.9 Å². The lowest BCUT2D eigenvalue weighted by Crippen LogP contribution is -2.36. The summed E-state index contributed by atoms with van der Waals surface area (Å²) >= 11 is 0. The van der Waals surface area contributed by atoms with E-state index in [9.17, 15) is 4.79 Å². The van der Waals surface area contributed by atoms with Gasteiger partial charge >= 0.3 is 0 Å². The molecule has 0 amide bonds. The van der Waals surface area contributed by atoms with E-state index in [2.05, 4.69) is 48.4 Å². The lowest BCUT2D eigenvalue weighted by Gasteiger charge is -2.28. The molecule has 11 heteroatoms. The summed E-state index contributed by atoms with van der Waals surface area (Å²) in [6.45, 7) is 7.47. The lowest BCUT2D eigenvalue weighted by atomic mass is 10.1. The van der Waals surface area contributed by atoms with Crippen LogP contribution in [-0.2, 0) is 16.6 Å². The molecule has 0 aliphatic carbocycles. The van der Waals surface area contributed by atoms with E-state index in [4.69, 9.17) is 9.72 Å². The van der Waals surface area contributed by atoms with Crippen molar-refractivity contribution in [3.63, 3.8) is 0 Å². The molecule has 4 rings (SSSR count). The molecule has 0 bridgehead atoms. The van der Waals surface area contributed by atoms with Crippen LogP contribution >= 0.6 is 0 Å². The SMILES string of the molecule is C=N/C=C\C=NCCN/C(=C(/C=O)c1nc2ccc(N3CCOCC3)cc2[nH]1)c1nn(C)cc1NC. The summed E-state index contributed by atoms with van der Waals surface area (Å²) in [4.78, 5) is 30.7. The van der Waals surface area contributed by atoms with Gasteiger partial charge in [-0.05, 0) is 31.0 Å². The molecule has 1 aliphatic rings. The van der Waals surface area contributed by atoms with Crippen LogP contribution < -0.4 is 15.5 Å². The van der Waals surface area contributed by atoms with Crippen molar-refractivity contribution in [3.05, 3.63) is 48.2 Å². The minimum atomic E-state index is 0.383. The number of H-pyrrole nitrogens is 1. The van der Waals surface area contributed by atoms with Crippen molar-refractivity contribution in [1.29, 1.82) is 0 Å². The molecular weight excluding hydrogens is 458 g/mol. The largest absolute Gasteiger partial charge is 0.385 e. The highest BCUT2D eigenvalue weighted by molar-refractivity contribution is 6.16. The second-order valence-electron chi connectivity index (χ2n) is 8.11. The number of morpholine rings is 1.